The molecule has 0 aliphatic heterocycles. The van der Waals surface area contributed by atoms with Crippen molar-refractivity contribution in [2.24, 2.45) is 0 Å². The zero-order chi connectivity index (χ0) is 62.7. The van der Waals surface area contributed by atoms with E-state index in [1.165, 1.54) is 0 Å². The second kappa shape index (κ2) is 27.5. The van der Waals surface area contributed by atoms with Crippen molar-refractivity contribution in [3.05, 3.63) is 345 Å². The lowest BCUT2D eigenvalue weighted by atomic mass is 9.97. The Hall–Kier alpha value is -11.5. The Labute approximate surface area is 527 Å². The average molecular weight is 1180 g/mol. The lowest BCUT2D eigenvalue weighted by Crippen LogP contribution is -2.09. The Balaban J connectivity index is 0.000000143. The molecule has 0 fully saturated rings. The van der Waals surface area contributed by atoms with Crippen LogP contribution in [0.2, 0.25) is 0 Å². The van der Waals surface area contributed by atoms with Crippen LogP contribution in [0.15, 0.2) is 249 Å². The third-order valence-electron chi connectivity index (χ3n) is 15.6. The molecular weight excluding hydrogens is 1100 g/mol. The third-order valence-corrected chi connectivity index (χ3v) is 15.6. The first-order valence-electron chi connectivity index (χ1n) is 30.0. The standard InChI is InChI=1S/2C30H28N4.C18H16N4/c1-21-13-14-22(2)33(21)29-18-26(19-30(32-29)34-23(3)15-16-24(34)4)28(25-10-6-5-7-11-25)20-27-12-8-9-17-31-27;1-21-13-14-22(2)33(21)29-19-26(20-30(32-29)34-23(3)15-16-24(34)4)27(28-12-8-9-17-31-28)18-25-10-6-5-7-11-25;19-17-10-14(11-18(20)22-17)16(13-6-2-1-3-7-13)12-15-8-4-5-9-21-15/h2*5-20H,1-4H3;1-12H,(H4,19,20,22)/b28-20+;27-18-;16-12+. The number of benzene rings is 3. The zero-order valence-electron chi connectivity index (χ0n) is 52.0. The van der Waals surface area contributed by atoms with Gasteiger partial charge in [0.25, 0.3) is 0 Å². The molecule has 90 heavy (non-hydrogen) atoms. The normalized spacial score (nSPS) is 11.6. The lowest BCUT2D eigenvalue weighted by Gasteiger charge is -2.17. The fourth-order valence-electron chi connectivity index (χ4n) is 11.3. The van der Waals surface area contributed by atoms with Gasteiger partial charge in [0.1, 0.15) is 34.9 Å². The minimum Gasteiger partial charge on any atom is -0.384 e. The SMILES string of the molecule is Cc1ccc(C)n1-c1cc(/C(=C/c2ccccc2)c2ccccn2)cc(-n2c(C)ccc2C)n1.Cc1ccc(C)n1-c1cc(/C(=C/c2ccccn2)c2ccccc2)cc(-n2c(C)ccc2C)n1.Nc1cc(/C(=C/c2ccccn2)c2ccccc2)cc(N)n1. The van der Waals surface area contributed by atoms with Crippen LogP contribution >= 0.6 is 0 Å². The fraction of sp³-hybridized carbons (Fsp3) is 0.103. The topological polar surface area (TPSA) is 149 Å². The summed E-state index contributed by atoms with van der Waals surface area (Å²) in [5, 5.41) is 0. The highest BCUT2D eigenvalue weighted by Gasteiger charge is 2.19. The summed E-state index contributed by atoms with van der Waals surface area (Å²) in [6, 6.07) is 78.2. The smallest absolute Gasteiger partial charge is 0.140 e. The molecule has 4 N–H and O–H groups in total. The van der Waals surface area contributed by atoms with E-state index in [0.29, 0.717) is 11.6 Å². The van der Waals surface area contributed by atoms with E-state index < -0.39 is 0 Å². The molecule has 0 amide bonds. The summed E-state index contributed by atoms with van der Waals surface area (Å²) in [6.07, 6.45) is 11.8. The van der Waals surface area contributed by atoms with E-state index in [-0.39, 0.29) is 0 Å². The van der Waals surface area contributed by atoms with E-state index in [0.717, 1.165) is 136 Å². The molecular formula is C78H72N12. The van der Waals surface area contributed by atoms with Gasteiger partial charge in [0.15, 0.2) is 0 Å². The molecule has 0 bridgehead atoms. The molecule has 0 atom stereocenters. The van der Waals surface area contributed by atoms with Gasteiger partial charge in [0.05, 0.1) is 17.1 Å². The number of hydrogen-bond donors (Lipinski definition) is 2. The molecule has 0 saturated heterocycles. The third kappa shape index (κ3) is 14.0. The number of nitrogens with zero attached hydrogens (tertiary/aromatic N) is 10. The molecule has 12 heteroatoms. The number of nitrogens with two attached hydrogens (primary N) is 2. The van der Waals surface area contributed by atoms with Crippen LogP contribution in [0.3, 0.4) is 0 Å². The van der Waals surface area contributed by atoms with Crippen LogP contribution in [0.5, 0.6) is 0 Å². The van der Waals surface area contributed by atoms with Gasteiger partial charge in [0.2, 0.25) is 0 Å². The van der Waals surface area contributed by atoms with Crippen LogP contribution in [-0.4, -0.2) is 48.2 Å². The van der Waals surface area contributed by atoms with Gasteiger partial charge in [-0.05, 0) is 239 Å². The maximum absolute atomic E-state index is 5.83. The van der Waals surface area contributed by atoms with Gasteiger partial charge in [-0.1, -0.05) is 109 Å². The number of rotatable bonds is 13. The molecule has 13 aromatic rings. The molecule has 0 aliphatic rings. The Bertz CT molecular complexity index is 4210. The summed E-state index contributed by atoms with van der Waals surface area (Å²) in [5.41, 5.74) is 33.2. The van der Waals surface area contributed by atoms with Crippen molar-refractivity contribution in [3.63, 3.8) is 0 Å². The molecule has 0 unspecified atom stereocenters. The molecule has 12 nitrogen and oxygen atoms in total. The Morgan fingerprint density at radius 2 is 0.600 bits per heavy atom. The monoisotopic (exact) mass is 1180 g/mol. The number of aromatic nitrogens is 10. The highest BCUT2D eigenvalue weighted by molar-refractivity contribution is 5.93. The van der Waals surface area contributed by atoms with Crippen molar-refractivity contribution in [2.75, 3.05) is 11.5 Å². The van der Waals surface area contributed by atoms with Gasteiger partial charge in [-0.15, -0.1) is 0 Å². The van der Waals surface area contributed by atoms with Crippen molar-refractivity contribution < 1.29 is 0 Å². The first-order valence-corrected chi connectivity index (χ1v) is 30.0. The molecule has 0 radical (unpaired) electrons. The molecule has 10 heterocycles. The van der Waals surface area contributed by atoms with Gasteiger partial charge in [-0.3, -0.25) is 15.0 Å². The highest BCUT2D eigenvalue weighted by Crippen LogP contribution is 2.33. The van der Waals surface area contributed by atoms with Crippen LogP contribution in [0, 0.1) is 55.4 Å². The number of nitrogen functional groups attached to an aromatic ring is 2. The second-order valence-corrected chi connectivity index (χ2v) is 22.2. The first kappa shape index (κ1) is 60.2. The van der Waals surface area contributed by atoms with E-state index >= 15 is 0 Å². The van der Waals surface area contributed by atoms with E-state index in [2.05, 4.69) is 228 Å². The molecule has 3 aromatic carbocycles. The van der Waals surface area contributed by atoms with E-state index in [9.17, 15) is 0 Å². The number of pyridine rings is 6. The summed E-state index contributed by atoms with van der Waals surface area (Å²) in [4.78, 5) is 27.9. The average Bonchev–Trinajstić information content (AvgIpc) is 1.72. The quantitative estimate of drug-likeness (QED) is 0.116. The maximum atomic E-state index is 5.83. The maximum Gasteiger partial charge on any atom is 0.140 e. The summed E-state index contributed by atoms with van der Waals surface area (Å²) in [7, 11) is 0. The lowest BCUT2D eigenvalue weighted by molar-refractivity contribution is 0.871. The molecule has 0 saturated carbocycles. The van der Waals surface area contributed by atoms with Gasteiger partial charge in [-0.25, -0.2) is 15.0 Å². The number of aryl methyl sites for hydroxylation is 8. The summed E-state index contributed by atoms with van der Waals surface area (Å²) >= 11 is 0. The van der Waals surface area contributed by atoms with Gasteiger partial charge in [0, 0.05) is 69.7 Å². The minimum atomic E-state index is 0.401. The second-order valence-electron chi connectivity index (χ2n) is 22.2. The predicted octanol–water partition coefficient (Wildman–Crippen LogP) is 17.0. The van der Waals surface area contributed by atoms with Crippen LogP contribution < -0.4 is 11.5 Å². The van der Waals surface area contributed by atoms with Crippen LogP contribution in [-0.2, 0) is 0 Å². The fourth-order valence-corrected chi connectivity index (χ4v) is 11.3. The summed E-state index contributed by atoms with van der Waals surface area (Å²) in [6.45, 7) is 17.0. The molecule has 0 spiro atoms. The predicted molar refractivity (Wildman–Crippen MR) is 370 cm³/mol. The van der Waals surface area contributed by atoms with Gasteiger partial charge < -0.3 is 29.7 Å². The largest absolute Gasteiger partial charge is 0.384 e. The first-order chi connectivity index (χ1) is 43.7. The van der Waals surface area contributed by atoms with E-state index in [1.807, 2.05) is 122 Å². The van der Waals surface area contributed by atoms with Crippen molar-refractivity contribution in [1.29, 1.82) is 0 Å². The Morgan fingerprint density at radius 3 is 0.933 bits per heavy atom. The molecule has 0 aliphatic carbocycles. The van der Waals surface area contributed by atoms with Gasteiger partial charge in [-0.2, -0.15) is 0 Å². The summed E-state index contributed by atoms with van der Waals surface area (Å²) in [5.74, 6) is 4.41. The number of hydrogen-bond acceptors (Lipinski definition) is 8. The minimum absolute atomic E-state index is 0.401. The van der Waals surface area contributed by atoms with E-state index in [4.69, 9.17) is 26.4 Å². The Morgan fingerprint density at radius 1 is 0.289 bits per heavy atom. The van der Waals surface area contributed by atoms with Gasteiger partial charge >= 0.3 is 0 Å². The number of anilines is 2. The van der Waals surface area contributed by atoms with Crippen LogP contribution in [0.4, 0.5) is 11.6 Å². The molecule has 10 aromatic heterocycles. The summed E-state index contributed by atoms with van der Waals surface area (Å²) < 4.78 is 8.84. The van der Waals surface area contributed by atoms with Crippen molar-refractivity contribution in [2.45, 2.75) is 55.4 Å². The van der Waals surface area contributed by atoms with Crippen LogP contribution in [0.25, 0.3) is 58.2 Å². The highest BCUT2D eigenvalue weighted by atomic mass is 15.2. The van der Waals surface area contributed by atoms with Crippen molar-refractivity contribution in [1.82, 2.24) is 48.2 Å². The van der Waals surface area contributed by atoms with Crippen molar-refractivity contribution >= 4 is 46.6 Å². The molecule has 13 rings (SSSR count). The van der Waals surface area contributed by atoms with E-state index in [1.54, 1.807) is 6.20 Å². The zero-order valence-corrected chi connectivity index (χ0v) is 52.0. The molecule has 444 valence electrons. The van der Waals surface area contributed by atoms with Crippen molar-refractivity contribution in [3.8, 4) is 23.3 Å². The Kier molecular flexibility index (Phi) is 18.4. The van der Waals surface area contributed by atoms with Crippen LogP contribution in [0.1, 0.15) is 96.0 Å².